The van der Waals surface area contributed by atoms with Gasteiger partial charge in [0.05, 0.1) is 0 Å². The van der Waals surface area contributed by atoms with Gasteiger partial charge in [-0.1, -0.05) is 86.4 Å². The third kappa shape index (κ3) is 4.19. The zero-order valence-corrected chi connectivity index (χ0v) is 12.8. The minimum atomic E-state index is 0.0509. The quantitative estimate of drug-likeness (QED) is 0.430. The van der Waals surface area contributed by atoms with Crippen molar-refractivity contribution in [3.05, 3.63) is 77.4 Å². The summed E-state index contributed by atoms with van der Waals surface area (Å²) >= 11 is 0. The minimum absolute atomic E-state index is 0.0509. The fourth-order valence-corrected chi connectivity index (χ4v) is 2.51. The number of hydrogen-bond acceptors (Lipinski definition) is 1. The van der Waals surface area contributed by atoms with Crippen molar-refractivity contribution in [2.24, 2.45) is 0 Å². The van der Waals surface area contributed by atoms with Crippen LogP contribution < -0.4 is 0 Å². The number of ketones is 1. The van der Waals surface area contributed by atoms with Crippen LogP contribution in [0, 0.1) is 0 Å². The van der Waals surface area contributed by atoms with Crippen molar-refractivity contribution in [3.63, 3.8) is 0 Å². The number of rotatable bonds is 6. The molecule has 0 N–H and O–H groups in total. The second-order valence-corrected chi connectivity index (χ2v) is 5.24. The van der Waals surface area contributed by atoms with E-state index >= 15 is 0 Å². The Morgan fingerprint density at radius 3 is 2.33 bits per heavy atom. The van der Waals surface area contributed by atoms with Gasteiger partial charge in [0.2, 0.25) is 0 Å². The normalized spacial score (nSPS) is 12.3. The van der Waals surface area contributed by atoms with E-state index in [2.05, 4.69) is 25.9 Å². The summed E-state index contributed by atoms with van der Waals surface area (Å²) in [6.07, 6.45) is 4.64. The fourth-order valence-electron chi connectivity index (χ4n) is 2.51. The Kier molecular flexibility index (Phi) is 5.56. The molecule has 2 aromatic rings. The van der Waals surface area contributed by atoms with Gasteiger partial charge in [-0.2, -0.15) is 0 Å². The summed E-state index contributed by atoms with van der Waals surface area (Å²) in [7, 11) is 1.14. The molecule has 0 saturated heterocycles. The van der Waals surface area contributed by atoms with Crippen LogP contribution in [0.2, 0.25) is 6.82 Å². The zero-order chi connectivity index (χ0) is 15.1. The second-order valence-electron chi connectivity index (χ2n) is 5.24. The van der Waals surface area contributed by atoms with Crippen molar-refractivity contribution in [1.82, 2.24) is 0 Å². The summed E-state index contributed by atoms with van der Waals surface area (Å²) in [4.78, 5) is 12.2. The minimum Gasteiger partial charge on any atom is -0.289 e. The average molecular weight is 276 g/mol. The lowest BCUT2D eigenvalue weighted by atomic mass is 9.62. The van der Waals surface area contributed by atoms with Crippen LogP contribution in [0.1, 0.15) is 40.6 Å². The molecule has 0 aliphatic rings. The van der Waals surface area contributed by atoms with Crippen LogP contribution in [-0.2, 0) is 0 Å². The Morgan fingerprint density at radius 1 is 1.10 bits per heavy atom. The van der Waals surface area contributed by atoms with Crippen molar-refractivity contribution in [3.8, 4) is 0 Å². The Bertz CT molecular complexity index is 595. The molecule has 0 radical (unpaired) electrons. The van der Waals surface area contributed by atoms with Crippen LogP contribution in [0.5, 0.6) is 0 Å². The highest BCUT2D eigenvalue weighted by atomic mass is 16.1. The summed E-state index contributed by atoms with van der Waals surface area (Å²) < 4.78 is 0. The van der Waals surface area contributed by atoms with Crippen molar-refractivity contribution in [2.75, 3.05) is 0 Å². The summed E-state index contributed by atoms with van der Waals surface area (Å²) in [5.41, 5.74) is 3.11. The van der Waals surface area contributed by atoms with Gasteiger partial charge in [-0.05, 0) is 17.5 Å². The van der Waals surface area contributed by atoms with E-state index in [1.54, 1.807) is 6.08 Å². The van der Waals surface area contributed by atoms with E-state index < -0.39 is 0 Å². The molecular weight excluding hydrogens is 255 g/mol. The fraction of sp³-hybridized carbons (Fsp3) is 0.211. The Morgan fingerprint density at radius 2 is 1.76 bits per heavy atom. The van der Waals surface area contributed by atoms with E-state index in [-0.39, 0.29) is 5.78 Å². The van der Waals surface area contributed by atoms with Gasteiger partial charge in [0.1, 0.15) is 7.28 Å². The maximum Gasteiger partial charge on any atom is 0.185 e. The first-order valence-electron chi connectivity index (χ1n) is 7.62. The molecule has 106 valence electrons. The van der Waals surface area contributed by atoms with Crippen molar-refractivity contribution in [2.45, 2.75) is 26.0 Å². The van der Waals surface area contributed by atoms with E-state index in [1.807, 2.05) is 48.5 Å². The molecule has 0 saturated carbocycles. The first kappa shape index (κ1) is 15.3. The van der Waals surface area contributed by atoms with Gasteiger partial charge in [0.15, 0.2) is 5.78 Å². The van der Waals surface area contributed by atoms with Crippen LogP contribution in [0.3, 0.4) is 0 Å². The van der Waals surface area contributed by atoms with Gasteiger partial charge >= 0.3 is 0 Å². The van der Waals surface area contributed by atoms with E-state index in [4.69, 9.17) is 0 Å². The van der Waals surface area contributed by atoms with Gasteiger partial charge in [-0.25, -0.2) is 0 Å². The Hall–Kier alpha value is -2.09. The highest BCUT2D eigenvalue weighted by Gasteiger charge is 2.08. The standard InChI is InChI=1S/C19H21BO/c1-3-18(20-2)16-10-12-17(13-11-16)19(21)14-9-15-7-5-4-6-8-15/h4-14,18,20H,3H2,1-2H3. The topological polar surface area (TPSA) is 17.1 Å². The SMILES string of the molecule is CBC(CC)c1ccc(C(=O)C=Cc2ccccc2)cc1. The lowest BCUT2D eigenvalue weighted by Gasteiger charge is -2.11. The Labute approximate surface area is 128 Å². The predicted molar refractivity (Wildman–Crippen MR) is 92.3 cm³/mol. The van der Waals surface area contributed by atoms with Gasteiger partial charge in [0, 0.05) is 5.56 Å². The Balaban J connectivity index is 2.08. The lowest BCUT2D eigenvalue weighted by molar-refractivity contribution is 0.104. The van der Waals surface area contributed by atoms with Gasteiger partial charge in [-0.3, -0.25) is 4.79 Å². The van der Waals surface area contributed by atoms with E-state index in [1.165, 1.54) is 5.56 Å². The lowest BCUT2D eigenvalue weighted by Crippen LogP contribution is -2.04. The molecule has 0 aliphatic carbocycles. The first-order valence-corrected chi connectivity index (χ1v) is 7.62. The largest absolute Gasteiger partial charge is 0.289 e. The van der Waals surface area contributed by atoms with Crippen LogP contribution in [-0.4, -0.2) is 13.1 Å². The van der Waals surface area contributed by atoms with E-state index in [0.717, 1.165) is 24.8 Å². The molecule has 0 aromatic heterocycles. The smallest absolute Gasteiger partial charge is 0.185 e. The van der Waals surface area contributed by atoms with Gasteiger partial charge in [-0.15, -0.1) is 0 Å². The van der Waals surface area contributed by atoms with Crippen LogP contribution >= 0.6 is 0 Å². The molecule has 2 rings (SSSR count). The summed E-state index contributed by atoms with van der Waals surface area (Å²) in [6, 6.07) is 17.9. The molecule has 1 nitrogen and oxygen atoms in total. The maximum atomic E-state index is 12.2. The molecule has 1 atom stereocenters. The number of allylic oxidation sites excluding steroid dienone is 1. The highest BCUT2D eigenvalue weighted by Crippen LogP contribution is 2.19. The van der Waals surface area contributed by atoms with Crippen molar-refractivity contribution < 1.29 is 4.79 Å². The molecule has 2 heteroatoms. The molecule has 1 unspecified atom stereocenters. The third-order valence-corrected chi connectivity index (χ3v) is 3.88. The second kappa shape index (κ2) is 7.63. The summed E-state index contributed by atoms with van der Waals surface area (Å²) in [5, 5.41) is 0. The van der Waals surface area contributed by atoms with Crippen LogP contribution in [0.25, 0.3) is 6.08 Å². The molecule has 0 heterocycles. The molecule has 2 aromatic carbocycles. The molecule has 0 bridgehead atoms. The van der Waals surface area contributed by atoms with Gasteiger partial charge < -0.3 is 0 Å². The highest BCUT2D eigenvalue weighted by molar-refractivity contribution is 6.35. The molecule has 21 heavy (non-hydrogen) atoms. The third-order valence-electron chi connectivity index (χ3n) is 3.88. The number of carbonyl (C=O) groups excluding carboxylic acids is 1. The predicted octanol–water partition coefficient (Wildman–Crippen LogP) is 4.52. The summed E-state index contributed by atoms with van der Waals surface area (Å²) in [5.74, 6) is 0.643. The van der Waals surface area contributed by atoms with Crippen molar-refractivity contribution >= 4 is 19.1 Å². The van der Waals surface area contributed by atoms with Gasteiger partial charge in [0.25, 0.3) is 0 Å². The van der Waals surface area contributed by atoms with E-state index in [9.17, 15) is 4.79 Å². The van der Waals surface area contributed by atoms with Crippen LogP contribution in [0.4, 0.5) is 0 Å². The number of carbonyl (C=O) groups is 1. The molecule has 0 spiro atoms. The zero-order valence-electron chi connectivity index (χ0n) is 12.8. The molecular formula is C19H21BO. The van der Waals surface area contributed by atoms with Crippen molar-refractivity contribution in [1.29, 1.82) is 0 Å². The molecule has 0 amide bonds. The number of hydrogen-bond donors (Lipinski definition) is 0. The molecule has 0 aliphatic heterocycles. The van der Waals surface area contributed by atoms with Crippen LogP contribution in [0.15, 0.2) is 60.7 Å². The summed E-state index contributed by atoms with van der Waals surface area (Å²) in [6.45, 7) is 4.41. The maximum absolute atomic E-state index is 12.2. The monoisotopic (exact) mass is 276 g/mol. The number of benzene rings is 2. The first-order chi connectivity index (χ1) is 10.2. The molecule has 0 fully saturated rings. The average Bonchev–Trinajstić information content (AvgIpc) is 2.55. The van der Waals surface area contributed by atoms with E-state index in [0.29, 0.717) is 5.82 Å².